The van der Waals surface area contributed by atoms with Crippen LogP contribution in [0.3, 0.4) is 0 Å². The van der Waals surface area contributed by atoms with Gasteiger partial charge in [0.15, 0.2) is 5.96 Å². The van der Waals surface area contributed by atoms with Gasteiger partial charge in [0.2, 0.25) is 5.91 Å². The number of hydrogen-bond donors (Lipinski definition) is 5. The highest BCUT2D eigenvalue weighted by atomic mass is 35.5. The molecule has 1 aromatic heterocycles. The Kier molecular flexibility index (Phi) is 8.64. The van der Waals surface area contributed by atoms with Crippen LogP contribution in [0.15, 0.2) is 41.5 Å². The summed E-state index contributed by atoms with van der Waals surface area (Å²) in [4.78, 5) is 41.6. The number of aliphatic imine (C=N–C) groups is 1. The zero-order valence-electron chi connectivity index (χ0n) is 20.1. The fraction of sp³-hybridized carbons (Fsp3) is 0.292. The second-order valence-corrected chi connectivity index (χ2v) is 9.31. The normalized spacial score (nSPS) is 15.7. The lowest BCUT2D eigenvalue weighted by atomic mass is 10.0. The zero-order valence-corrected chi connectivity index (χ0v) is 21.6. The number of ether oxygens (including phenoxy) is 1. The number of amides is 2. The molecule has 200 valence electrons. The van der Waals surface area contributed by atoms with Crippen LogP contribution < -0.4 is 21.3 Å². The standard InChI is InChI=1S/C24H24Cl2FN7O4/c1-38-22(36)7-18(12-2-14(25)6-15(26)3-12)32-21(35)11-28-23(37)13-4-19(17-10-31-34-20(17)5-13)33-24-29-8-16(27)9-30-24/h2-6,10,16,18H,7-9,11H2,1H3,(H,28,37)(H,31,34)(H,32,35)(H2,29,30,33)/t18-/m0/s1. The second kappa shape index (κ2) is 12.1. The van der Waals surface area contributed by atoms with E-state index in [-0.39, 0.29) is 31.6 Å². The van der Waals surface area contributed by atoms with Crippen molar-refractivity contribution in [2.75, 3.05) is 32.1 Å². The minimum Gasteiger partial charge on any atom is -0.469 e. The van der Waals surface area contributed by atoms with Crippen LogP contribution in [0.2, 0.25) is 10.0 Å². The van der Waals surface area contributed by atoms with Crippen molar-refractivity contribution in [1.29, 1.82) is 0 Å². The molecule has 11 nitrogen and oxygen atoms in total. The van der Waals surface area contributed by atoms with Gasteiger partial charge in [-0.15, -0.1) is 0 Å². The smallest absolute Gasteiger partial charge is 0.307 e. The van der Waals surface area contributed by atoms with Crippen LogP contribution in [0.25, 0.3) is 10.9 Å². The van der Waals surface area contributed by atoms with E-state index in [0.29, 0.717) is 38.2 Å². The number of rotatable bonds is 8. The van der Waals surface area contributed by atoms with Gasteiger partial charge in [-0.3, -0.25) is 19.5 Å². The molecule has 2 atom stereocenters. The maximum atomic E-state index is 13.4. The first kappa shape index (κ1) is 27.1. The summed E-state index contributed by atoms with van der Waals surface area (Å²) in [6.07, 6.45) is 0.345. The molecule has 0 aliphatic carbocycles. The highest BCUT2D eigenvalue weighted by Gasteiger charge is 2.21. The number of carbonyl (C=O) groups excluding carboxylic acids is 3. The molecular formula is C24H24Cl2FN7O4. The Hall–Kier alpha value is -3.90. The summed E-state index contributed by atoms with van der Waals surface area (Å²) >= 11 is 12.2. The number of alkyl halides is 1. The van der Waals surface area contributed by atoms with Crippen molar-refractivity contribution in [2.24, 2.45) is 4.99 Å². The molecule has 0 radical (unpaired) electrons. The Morgan fingerprint density at radius 1 is 1.18 bits per heavy atom. The predicted octanol–water partition coefficient (Wildman–Crippen LogP) is 2.73. The predicted molar refractivity (Wildman–Crippen MR) is 141 cm³/mol. The molecular weight excluding hydrogens is 540 g/mol. The van der Waals surface area contributed by atoms with E-state index in [1.54, 1.807) is 30.5 Å². The van der Waals surface area contributed by atoms with Crippen molar-refractivity contribution in [3.8, 4) is 0 Å². The lowest BCUT2D eigenvalue weighted by Gasteiger charge is -2.20. The van der Waals surface area contributed by atoms with E-state index in [1.165, 1.54) is 13.2 Å². The molecule has 0 bridgehead atoms. The van der Waals surface area contributed by atoms with Gasteiger partial charge in [0.1, 0.15) is 6.17 Å². The van der Waals surface area contributed by atoms with Gasteiger partial charge in [0.25, 0.3) is 5.91 Å². The number of carbonyl (C=O) groups is 3. The maximum Gasteiger partial charge on any atom is 0.307 e. The SMILES string of the molecule is COC(=O)C[C@H](NC(=O)CNC(=O)c1cc(NC2=NCC(F)CN2)c2cn[nH]c2c1)c1cc(Cl)cc(Cl)c1. The molecule has 0 fully saturated rings. The van der Waals surface area contributed by atoms with E-state index >= 15 is 0 Å². The van der Waals surface area contributed by atoms with Crippen LogP contribution >= 0.6 is 23.2 Å². The fourth-order valence-electron chi connectivity index (χ4n) is 3.80. The lowest BCUT2D eigenvalue weighted by Crippen LogP contribution is -2.41. The van der Waals surface area contributed by atoms with Crippen molar-refractivity contribution in [2.45, 2.75) is 18.6 Å². The van der Waals surface area contributed by atoms with Crippen molar-refractivity contribution in [1.82, 2.24) is 26.1 Å². The molecule has 3 aromatic rings. The molecule has 1 aliphatic heterocycles. The zero-order chi connectivity index (χ0) is 27.2. The molecule has 0 spiro atoms. The first-order chi connectivity index (χ1) is 18.2. The molecule has 2 amide bonds. The number of aromatic amines is 1. The Bertz CT molecular complexity index is 1380. The highest BCUT2D eigenvalue weighted by molar-refractivity contribution is 6.34. The average Bonchev–Trinajstić information content (AvgIpc) is 3.36. The lowest BCUT2D eigenvalue weighted by molar-refractivity contribution is -0.141. The Balaban J connectivity index is 1.44. The molecule has 2 heterocycles. The summed E-state index contributed by atoms with van der Waals surface area (Å²) in [5.74, 6) is -1.26. The first-order valence-electron chi connectivity index (χ1n) is 11.5. The third-order valence-electron chi connectivity index (χ3n) is 5.64. The Morgan fingerprint density at radius 2 is 1.95 bits per heavy atom. The summed E-state index contributed by atoms with van der Waals surface area (Å²) in [6.45, 7) is -0.230. The van der Waals surface area contributed by atoms with Crippen LogP contribution in [0.1, 0.15) is 28.4 Å². The van der Waals surface area contributed by atoms with E-state index < -0.39 is 30.0 Å². The van der Waals surface area contributed by atoms with Crippen molar-refractivity contribution >= 4 is 63.5 Å². The van der Waals surface area contributed by atoms with E-state index in [1.807, 2.05) is 0 Å². The summed E-state index contributed by atoms with van der Waals surface area (Å²) in [5, 5.41) is 19.3. The van der Waals surface area contributed by atoms with Crippen LogP contribution in [0.4, 0.5) is 10.1 Å². The van der Waals surface area contributed by atoms with E-state index in [0.717, 1.165) is 0 Å². The monoisotopic (exact) mass is 563 g/mol. The number of guanidine groups is 1. The van der Waals surface area contributed by atoms with Crippen LogP contribution in [0, 0.1) is 0 Å². The number of H-pyrrole nitrogens is 1. The first-order valence-corrected chi connectivity index (χ1v) is 12.2. The number of hydrogen-bond acceptors (Lipinski definition) is 8. The van der Waals surface area contributed by atoms with E-state index in [2.05, 4.69) is 36.5 Å². The number of fused-ring (bicyclic) bond motifs is 1. The molecule has 5 N–H and O–H groups in total. The number of nitrogens with one attached hydrogen (secondary N) is 5. The summed E-state index contributed by atoms with van der Waals surface area (Å²) in [6, 6.07) is 7.05. The van der Waals surface area contributed by atoms with Gasteiger partial charge in [-0.05, 0) is 35.9 Å². The Morgan fingerprint density at radius 3 is 2.63 bits per heavy atom. The quantitative estimate of drug-likeness (QED) is 0.264. The summed E-state index contributed by atoms with van der Waals surface area (Å²) in [5.41, 5.74) is 1.83. The van der Waals surface area contributed by atoms with Gasteiger partial charge in [-0.25, -0.2) is 9.38 Å². The Labute approximate surface area is 226 Å². The fourth-order valence-corrected chi connectivity index (χ4v) is 4.34. The largest absolute Gasteiger partial charge is 0.469 e. The van der Waals surface area contributed by atoms with Gasteiger partial charge in [-0.2, -0.15) is 5.10 Å². The number of halogens is 3. The minimum absolute atomic E-state index is 0.0253. The molecule has 2 aromatic carbocycles. The number of esters is 1. The molecule has 0 saturated heterocycles. The summed E-state index contributed by atoms with van der Waals surface area (Å²) < 4.78 is 18.1. The van der Waals surface area contributed by atoms with Gasteiger partial charge in [0, 0.05) is 21.0 Å². The third-order valence-corrected chi connectivity index (χ3v) is 6.08. The van der Waals surface area contributed by atoms with Gasteiger partial charge in [0.05, 0.1) is 56.6 Å². The molecule has 38 heavy (non-hydrogen) atoms. The van der Waals surface area contributed by atoms with Crippen LogP contribution in [-0.2, 0) is 14.3 Å². The molecule has 1 unspecified atom stereocenters. The molecule has 4 rings (SSSR count). The maximum absolute atomic E-state index is 13.4. The third kappa shape index (κ3) is 6.90. The van der Waals surface area contributed by atoms with E-state index in [4.69, 9.17) is 27.9 Å². The van der Waals surface area contributed by atoms with Gasteiger partial charge >= 0.3 is 5.97 Å². The van der Waals surface area contributed by atoms with Crippen LogP contribution in [-0.4, -0.2) is 66.9 Å². The molecule has 1 aliphatic rings. The van der Waals surface area contributed by atoms with Gasteiger partial charge < -0.3 is 26.0 Å². The van der Waals surface area contributed by atoms with E-state index in [9.17, 15) is 18.8 Å². The molecule has 0 saturated carbocycles. The number of methoxy groups -OCH3 is 1. The summed E-state index contributed by atoms with van der Waals surface area (Å²) in [7, 11) is 1.24. The van der Waals surface area contributed by atoms with Crippen molar-refractivity contribution < 1.29 is 23.5 Å². The number of nitrogens with zero attached hydrogens (tertiary/aromatic N) is 2. The minimum atomic E-state index is -1.07. The number of benzene rings is 2. The highest BCUT2D eigenvalue weighted by Crippen LogP contribution is 2.26. The van der Waals surface area contributed by atoms with Crippen molar-refractivity contribution in [3.63, 3.8) is 0 Å². The van der Waals surface area contributed by atoms with Crippen LogP contribution in [0.5, 0.6) is 0 Å². The van der Waals surface area contributed by atoms with Gasteiger partial charge in [-0.1, -0.05) is 23.2 Å². The number of anilines is 1. The average molecular weight is 564 g/mol. The number of aromatic nitrogens is 2. The second-order valence-electron chi connectivity index (χ2n) is 8.43. The van der Waals surface area contributed by atoms with Crippen molar-refractivity contribution in [3.05, 3.63) is 57.7 Å². The topological polar surface area (TPSA) is 150 Å². The molecule has 14 heteroatoms.